The fraction of sp³-hybridized carbons (Fsp3) is 0.500. The Balaban J connectivity index is 2.21. The van der Waals surface area contributed by atoms with E-state index in [1.54, 1.807) is 13.2 Å². The first kappa shape index (κ1) is 12.0. The van der Waals surface area contributed by atoms with E-state index in [0.717, 1.165) is 18.5 Å². The minimum Gasteiger partial charge on any atom is -0.495 e. The monoisotopic (exact) mass is 259 g/mol. The number of methoxy groups -OCH3 is 1. The van der Waals surface area contributed by atoms with E-state index in [0.29, 0.717) is 21.8 Å². The molecule has 1 heterocycles. The third-order valence-corrected chi connectivity index (χ3v) is 3.58. The second-order valence-corrected chi connectivity index (χ2v) is 4.89. The molecule has 1 N–H and O–H groups in total. The van der Waals surface area contributed by atoms with Gasteiger partial charge < -0.3 is 10.1 Å². The molecule has 0 aromatic heterocycles. The maximum absolute atomic E-state index is 6.25. The van der Waals surface area contributed by atoms with E-state index in [2.05, 4.69) is 5.32 Å². The van der Waals surface area contributed by atoms with Crippen molar-refractivity contribution < 1.29 is 4.74 Å². The lowest BCUT2D eigenvalue weighted by atomic mass is 10.0. The molecule has 2 rings (SSSR count). The number of hydrogen-bond acceptors (Lipinski definition) is 2. The van der Waals surface area contributed by atoms with Gasteiger partial charge in [0.05, 0.1) is 12.1 Å². The lowest BCUT2D eigenvalue weighted by Gasteiger charge is -2.14. The van der Waals surface area contributed by atoms with Gasteiger partial charge in [-0.3, -0.25) is 0 Å². The predicted octanol–water partition coefficient (Wildman–Crippen LogP) is 3.30. The van der Waals surface area contributed by atoms with Crippen LogP contribution in [-0.2, 0) is 6.42 Å². The van der Waals surface area contributed by atoms with Crippen molar-refractivity contribution in [2.45, 2.75) is 25.3 Å². The first-order valence-corrected chi connectivity index (χ1v) is 6.21. The van der Waals surface area contributed by atoms with Gasteiger partial charge in [0.25, 0.3) is 0 Å². The van der Waals surface area contributed by atoms with Crippen molar-refractivity contribution in [3.63, 3.8) is 0 Å². The van der Waals surface area contributed by atoms with E-state index >= 15 is 0 Å². The van der Waals surface area contributed by atoms with Gasteiger partial charge in [0.1, 0.15) is 5.75 Å². The van der Waals surface area contributed by atoms with Crippen molar-refractivity contribution in [1.82, 2.24) is 5.32 Å². The van der Waals surface area contributed by atoms with Crippen LogP contribution < -0.4 is 10.1 Å². The second-order valence-electron chi connectivity index (χ2n) is 4.08. The fourth-order valence-corrected chi connectivity index (χ4v) is 2.61. The maximum Gasteiger partial charge on any atom is 0.139 e. The summed E-state index contributed by atoms with van der Waals surface area (Å²) < 4.78 is 5.19. The van der Waals surface area contributed by atoms with Gasteiger partial charge >= 0.3 is 0 Å². The number of benzene rings is 1. The summed E-state index contributed by atoms with van der Waals surface area (Å²) in [7, 11) is 1.61. The van der Waals surface area contributed by atoms with E-state index in [4.69, 9.17) is 27.9 Å². The number of ether oxygens (including phenoxy) is 1. The van der Waals surface area contributed by atoms with Crippen molar-refractivity contribution in [2.24, 2.45) is 0 Å². The Hall–Kier alpha value is -0.440. The van der Waals surface area contributed by atoms with Crippen LogP contribution >= 0.6 is 23.2 Å². The van der Waals surface area contributed by atoms with Crippen LogP contribution in [0, 0.1) is 0 Å². The molecule has 16 heavy (non-hydrogen) atoms. The third-order valence-electron chi connectivity index (χ3n) is 2.93. The van der Waals surface area contributed by atoms with Gasteiger partial charge in [-0.05, 0) is 37.4 Å². The highest BCUT2D eigenvalue weighted by Gasteiger charge is 2.17. The summed E-state index contributed by atoms with van der Waals surface area (Å²) in [6, 6.07) is 4.18. The topological polar surface area (TPSA) is 21.3 Å². The van der Waals surface area contributed by atoms with Crippen LogP contribution in [0.4, 0.5) is 0 Å². The normalized spacial score (nSPS) is 20.1. The Kier molecular flexibility index (Phi) is 3.95. The molecule has 2 nitrogen and oxygen atoms in total. The van der Waals surface area contributed by atoms with Crippen LogP contribution in [-0.4, -0.2) is 19.7 Å². The highest BCUT2D eigenvalue weighted by Crippen LogP contribution is 2.33. The summed E-state index contributed by atoms with van der Waals surface area (Å²) in [5, 5.41) is 4.80. The van der Waals surface area contributed by atoms with Crippen LogP contribution in [0.1, 0.15) is 18.4 Å². The van der Waals surface area contributed by atoms with Crippen LogP contribution in [0.3, 0.4) is 0 Å². The molecule has 0 bridgehead atoms. The van der Waals surface area contributed by atoms with Crippen molar-refractivity contribution in [2.75, 3.05) is 13.7 Å². The van der Waals surface area contributed by atoms with Gasteiger partial charge in [-0.2, -0.15) is 0 Å². The van der Waals surface area contributed by atoms with Crippen LogP contribution in [0.25, 0.3) is 0 Å². The van der Waals surface area contributed by atoms with Crippen molar-refractivity contribution in [3.05, 3.63) is 27.7 Å². The molecule has 1 aromatic rings. The molecule has 1 aromatic carbocycles. The van der Waals surface area contributed by atoms with Crippen LogP contribution in [0.5, 0.6) is 5.75 Å². The Labute approximate surface area is 106 Å². The quantitative estimate of drug-likeness (QED) is 0.900. The van der Waals surface area contributed by atoms with E-state index in [-0.39, 0.29) is 0 Å². The number of hydrogen-bond donors (Lipinski definition) is 1. The fourth-order valence-electron chi connectivity index (χ4n) is 2.11. The summed E-state index contributed by atoms with van der Waals surface area (Å²) in [6.45, 7) is 1.10. The first-order valence-electron chi connectivity index (χ1n) is 5.46. The molecule has 0 aliphatic carbocycles. The van der Waals surface area contributed by atoms with E-state index in [9.17, 15) is 0 Å². The molecule has 1 saturated heterocycles. The standard InChI is InChI=1S/C12H15Cl2NO/c1-16-11-7-9(13)5-8(12(11)14)6-10-3-2-4-15-10/h5,7,10,15H,2-4,6H2,1H3. The zero-order valence-electron chi connectivity index (χ0n) is 9.22. The number of rotatable bonds is 3. The SMILES string of the molecule is COc1cc(Cl)cc(CC2CCCN2)c1Cl. The Morgan fingerprint density at radius 1 is 1.44 bits per heavy atom. The zero-order chi connectivity index (χ0) is 11.5. The summed E-state index contributed by atoms with van der Waals surface area (Å²) in [6.07, 6.45) is 3.35. The molecule has 1 aliphatic rings. The van der Waals surface area contributed by atoms with Crippen LogP contribution in [0.15, 0.2) is 12.1 Å². The van der Waals surface area contributed by atoms with Crippen molar-refractivity contribution in [3.8, 4) is 5.75 Å². The molecular formula is C12H15Cl2NO. The van der Waals surface area contributed by atoms with Gasteiger partial charge in [-0.15, -0.1) is 0 Å². The molecule has 1 unspecified atom stereocenters. The molecule has 0 spiro atoms. The van der Waals surface area contributed by atoms with Gasteiger partial charge in [-0.1, -0.05) is 23.2 Å². The van der Waals surface area contributed by atoms with Gasteiger partial charge in [-0.25, -0.2) is 0 Å². The Morgan fingerprint density at radius 2 is 2.25 bits per heavy atom. The molecule has 4 heteroatoms. The number of nitrogens with one attached hydrogen (secondary N) is 1. The van der Waals surface area contributed by atoms with Crippen LogP contribution in [0.2, 0.25) is 10.0 Å². The van der Waals surface area contributed by atoms with Crippen molar-refractivity contribution in [1.29, 1.82) is 0 Å². The number of halogens is 2. The molecular weight excluding hydrogens is 245 g/mol. The average Bonchev–Trinajstić information content (AvgIpc) is 2.75. The minimum atomic E-state index is 0.515. The largest absolute Gasteiger partial charge is 0.495 e. The first-order chi connectivity index (χ1) is 7.70. The summed E-state index contributed by atoms with van der Waals surface area (Å²) >= 11 is 12.3. The third kappa shape index (κ3) is 2.62. The summed E-state index contributed by atoms with van der Waals surface area (Å²) in [5.74, 6) is 0.655. The van der Waals surface area contributed by atoms with Gasteiger partial charge in [0.15, 0.2) is 0 Å². The van der Waals surface area contributed by atoms with E-state index in [1.165, 1.54) is 12.8 Å². The molecule has 1 fully saturated rings. The van der Waals surface area contributed by atoms with E-state index in [1.807, 2.05) is 6.07 Å². The molecule has 0 saturated carbocycles. The Bertz CT molecular complexity index is 376. The van der Waals surface area contributed by atoms with Crippen molar-refractivity contribution >= 4 is 23.2 Å². The molecule has 88 valence electrons. The molecule has 0 amide bonds. The second kappa shape index (κ2) is 5.26. The zero-order valence-corrected chi connectivity index (χ0v) is 10.7. The summed E-state index contributed by atoms with van der Waals surface area (Å²) in [4.78, 5) is 0. The molecule has 0 radical (unpaired) electrons. The molecule has 1 aliphatic heterocycles. The molecule has 1 atom stereocenters. The van der Waals surface area contributed by atoms with Gasteiger partial charge in [0.2, 0.25) is 0 Å². The summed E-state index contributed by atoms with van der Waals surface area (Å²) in [5.41, 5.74) is 1.06. The Morgan fingerprint density at radius 3 is 2.88 bits per heavy atom. The lowest BCUT2D eigenvalue weighted by Crippen LogP contribution is -2.23. The maximum atomic E-state index is 6.25. The highest BCUT2D eigenvalue weighted by atomic mass is 35.5. The highest BCUT2D eigenvalue weighted by molar-refractivity contribution is 6.34. The van der Waals surface area contributed by atoms with Gasteiger partial charge in [0, 0.05) is 17.1 Å². The smallest absolute Gasteiger partial charge is 0.139 e. The minimum absolute atomic E-state index is 0.515. The predicted molar refractivity (Wildman–Crippen MR) is 67.7 cm³/mol. The average molecular weight is 260 g/mol. The lowest BCUT2D eigenvalue weighted by molar-refractivity contribution is 0.414. The van der Waals surface area contributed by atoms with E-state index < -0.39 is 0 Å².